The molecule has 1 rings (SSSR count). The highest BCUT2D eigenvalue weighted by Crippen LogP contribution is 2.27. The molecule has 1 aliphatic heterocycles. The number of ether oxygens (including phenoxy) is 4. The molecule has 0 aromatic carbocycles. The lowest BCUT2D eigenvalue weighted by atomic mass is 9.98. The van der Waals surface area contributed by atoms with Crippen LogP contribution in [-0.4, -0.2) is 67.8 Å². The highest BCUT2D eigenvalue weighted by molar-refractivity contribution is 4.91. The number of aliphatic hydroxyl groups is 2. The molecule has 264 valence electrons. The van der Waals surface area contributed by atoms with Gasteiger partial charge in [-0.3, -0.25) is 0 Å². The Morgan fingerprint density at radius 2 is 0.818 bits per heavy atom. The standard InChI is InChI=1S/C38H76O6/c1-4-6-8-10-12-14-16-18-20-22-24-26-28-30-32-43-38-37(41-3)36(35(40)34(33-39)44-38)42-31-29-27-25-23-21-19-17-15-13-11-9-7-5-2/h34-40H,4-33H2,1-3H3/t34-,35-,36+,37-,38-/m1/s1. The molecule has 0 aromatic rings. The van der Waals surface area contributed by atoms with E-state index in [2.05, 4.69) is 13.8 Å². The van der Waals surface area contributed by atoms with Crippen molar-refractivity contribution >= 4 is 0 Å². The molecule has 2 N–H and O–H groups in total. The van der Waals surface area contributed by atoms with Crippen molar-refractivity contribution in [2.45, 2.75) is 218 Å². The third kappa shape index (κ3) is 21.5. The highest BCUT2D eigenvalue weighted by Gasteiger charge is 2.46. The Kier molecular flexibility index (Phi) is 29.8. The predicted octanol–water partition coefficient (Wildman–Crippen LogP) is 10.1. The van der Waals surface area contributed by atoms with E-state index in [-0.39, 0.29) is 6.61 Å². The van der Waals surface area contributed by atoms with Gasteiger partial charge in [-0.2, -0.15) is 0 Å². The second-order valence-electron chi connectivity index (χ2n) is 13.5. The Bertz CT molecular complexity index is 576. The fourth-order valence-electron chi connectivity index (χ4n) is 6.45. The summed E-state index contributed by atoms with van der Waals surface area (Å²) in [5.74, 6) is 0. The summed E-state index contributed by atoms with van der Waals surface area (Å²) in [7, 11) is 1.62. The molecule has 1 aliphatic rings. The lowest BCUT2D eigenvalue weighted by molar-refractivity contribution is -0.312. The number of methoxy groups -OCH3 is 1. The SMILES string of the molecule is CCCCCCCCCCCCCCCCO[C@@H]1O[C@H](CO)[C@@H](O)[C@H](OCCCCCCCCCCCCCCC)[C@H]1OC. The Morgan fingerprint density at radius 3 is 1.16 bits per heavy atom. The van der Waals surface area contributed by atoms with E-state index >= 15 is 0 Å². The lowest BCUT2D eigenvalue weighted by Crippen LogP contribution is -2.60. The zero-order valence-corrected chi connectivity index (χ0v) is 29.6. The number of unbranched alkanes of at least 4 members (excludes halogenated alkanes) is 25. The van der Waals surface area contributed by atoms with Crippen molar-refractivity contribution < 1.29 is 29.2 Å². The van der Waals surface area contributed by atoms with Gasteiger partial charge >= 0.3 is 0 Å². The maximum absolute atomic E-state index is 10.8. The first kappa shape index (κ1) is 41.8. The molecule has 0 aromatic heterocycles. The van der Waals surface area contributed by atoms with E-state index in [0.29, 0.717) is 13.2 Å². The van der Waals surface area contributed by atoms with Crippen LogP contribution >= 0.6 is 0 Å². The van der Waals surface area contributed by atoms with Crippen LogP contribution in [-0.2, 0) is 18.9 Å². The van der Waals surface area contributed by atoms with E-state index in [1.807, 2.05) is 0 Å². The highest BCUT2D eigenvalue weighted by atomic mass is 16.7. The van der Waals surface area contributed by atoms with Crippen molar-refractivity contribution in [2.24, 2.45) is 0 Å². The maximum Gasteiger partial charge on any atom is 0.186 e. The fraction of sp³-hybridized carbons (Fsp3) is 1.00. The largest absolute Gasteiger partial charge is 0.394 e. The molecule has 0 spiro atoms. The average Bonchev–Trinajstić information content (AvgIpc) is 3.03. The van der Waals surface area contributed by atoms with Crippen LogP contribution in [0, 0.1) is 0 Å². The zero-order valence-electron chi connectivity index (χ0n) is 29.6. The van der Waals surface area contributed by atoms with E-state index in [9.17, 15) is 10.2 Å². The summed E-state index contributed by atoms with van der Waals surface area (Å²) in [6.07, 6.45) is 32.2. The topological polar surface area (TPSA) is 77.4 Å². The van der Waals surface area contributed by atoms with E-state index in [1.165, 1.54) is 148 Å². The van der Waals surface area contributed by atoms with Crippen LogP contribution in [0.4, 0.5) is 0 Å². The molecule has 1 heterocycles. The number of rotatable bonds is 33. The third-order valence-electron chi connectivity index (χ3n) is 9.41. The molecular weight excluding hydrogens is 552 g/mol. The van der Waals surface area contributed by atoms with E-state index in [4.69, 9.17) is 18.9 Å². The number of aliphatic hydroxyl groups excluding tert-OH is 2. The quantitative estimate of drug-likeness (QED) is 0.0704. The van der Waals surface area contributed by atoms with Gasteiger partial charge in [-0.15, -0.1) is 0 Å². The van der Waals surface area contributed by atoms with Gasteiger partial charge in [0.2, 0.25) is 0 Å². The second kappa shape index (κ2) is 31.4. The Balaban J connectivity index is 2.12. The first-order chi connectivity index (χ1) is 21.7. The summed E-state index contributed by atoms with van der Waals surface area (Å²) in [4.78, 5) is 0. The molecule has 0 unspecified atom stereocenters. The van der Waals surface area contributed by atoms with Gasteiger partial charge in [0.1, 0.15) is 24.4 Å². The molecule has 0 bridgehead atoms. The van der Waals surface area contributed by atoms with Crippen molar-refractivity contribution in [3.8, 4) is 0 Å². The summed E-state index contributed by atoms with van der Waals surface area (Å²) >= 11 is 0. The van der Waals surface area contributed by atoms with Gasteiger partial charge in [-0.05, 0) is 12.8 Å². The van der Waals surface area contributed by atoms with Gasteiger partial charge in [0, 0.05) is 20.3 Å². The maximum atomic E-state index is 10.8. The van der Waals surface area contributed by atoms with Gasteiger partial charge in [0.15, 0.2) is 6.29 Å². The molecular formula is C38H76O6. The Hall–Kier alpha value is -0.240. The molecule has 6 nitrogen and oxygen atoms in total. The van der Waals surface area contributed by atoms with Gasteiger partial charge < -0.3 is 29.2 Å². The van der Waals surface area contributed by atoms with Gasteiger partial charge in [0.05, 0.1) is 6.61 Å². The Morgan fingerprint density at radius 1 is 0.477 bits per heavy atom. The average molecular weight is 629 g/mol. The molecule has 44 heavy (non-hydrogen) atoms. The van der Waals surface area contributed by atoms with Crippen molar-refractivity contribution in [1.29, 1.82) is 0 Å². The molecule has 1 saturated heterocycles. The first-order valence-electron chi connectivity index (χ1n) is 19.4. The summed E-state index contributed by atoms with van der Waals surface area (Å²) in [6, 6.07) is 0. The summed E-state index contributed by atoms with van der Waals surface area (Å²) in [5.41, 5.74) is 0. The normalized spacial score (nSPS) is 22.2. The minimum Gasteiger partial charge on any atom is -0.394 e. The minimum atomic E-state index is -0.937. The fourth-order valence-corrected chi connectivity index (χ4v) is 6.45. The van der Waals surface area contributed by atoms with Gasteiger partial charge in [0.25, 0.3) is 0 Å². The summed E-state index contributed by atoms with van der Waals surface area (Å²) in [6.45, 7) is 5.44. The van der Waals surface area contributed by atoms with E-state index in [0.717, 1.165) is 25.7 Å². The zero-order chi connectivity index (χ0) is 31.9. The third-order valence-corrected chi connectivity index (χ3v) is 9.41. The van der Waals surface area contributed by atoms with Crippen LogP contribution < -0.4 is 0 Å². The van der Waals surface area contributed by atoms with E-state index < -0.39 is 30.7 Å². The van der Waals surface area contributed by atoms with Crippen molar-refractivity contribution in [1.82, 2.24) is 0 Å². The van der Waals surface area contributed by atoms with Crippen LogP contribution in [0.3, 0.4) is 0 Å². The molecule has 0 amide bonds. The van der Waals surface area contributed by atoms with E-state index in [1.54, 1.807) is 7.11 Å². The number of hydrogen-bond donors (Lipinski definition) is 2. The molecule has 0 aliphatic carbocycles. The summed E-state index contributed by atoms with van der Waals surface area (Å²) < 4.78 is 23.8. The smallest absolute Gasteiger partial charge is 0.186 e. The summed E-state index contributed by atoms with van der Waals surface area (Å²) in [5, 5.41) is 20.6. The molecule has 0 radical (unpaired) electrons. The van der Waals surface area contributed by atoms with Crippen LogP contribution in [0.1, 0.15) is 187 Å². The second-order valence-corrected chi connectivity index (χ2v) is 13.5. The molecule has 5 atom stereocenters. The molecule has 1 fully saturated rings. The van der Waals surface area contributed by atoms with Crippen LogP contribution in [0.2, 0.25) is 0 Å². The minimum absolute atomic E-state index is 0.269. The molecule has 6 heteroatoms. The van der Waals surface area contributed by atoms with Crippen LogP contribution in [0.25, 0.3) is 0 Å². The Labute approximate surface area is 273 Å². The van der Waals surface area contributed by atoms with Crippen molar-refractivity contribution in [3.63, 3.8) is 0 Å². The number of hydrogen-bond acceptors (Lipinski definition) is 6. The first-order valence-corrected chi connectivity index (χ1v) is 19.4. The van der Waals surface area contributed by atoms with Gasteiger partial charge in [-0.1, -0.05) is 174 Å². The molecule has 0 saturated carbocycles. The van der Waals surface area contributed by atoms with Crippen LogP contribution in [0.5, 0.6) is 0 Å². The lowest BCUT2D eigenvalue weighted by Gasteiger charge is -2.43. The van der Waals surface area contributed by atoms with Crippen molar-refractivity contribution in [3.05, 3.63) is 0 Å². The van der Waals surface area contributed by atoms with Gasteiger partial charge in [-0.25, -0.2) is 0 Å². The monoisotopic (exact) mass is 629 g/mol. The van der Waals surface area contributed by atoms with Crippen molar-refractivity contribution in [2.75, 3.05) is 26.9 Å². The van der Waals surface area contributed by atoms with Crippen LogP contribution in [0.15, 0.2) is 0 Å². The predicted molar refractivity (Wildman–Crippen MR) is 184 cm³/mol.